The lowest BCUT2D eigenvalue weighted by atomic mass is 9.97. The lowest BCUT2D eigenvalue weighted by Crippen LogP contribution is -2.48. The fourth-order valence-electron chi connectivity index (χ4n) is 3.41. The third-order valence-corrected chi connectivity index (χ3v) is 4.11. The smallest absolute Gasteiger partial charge is 0.213 e. The summed E-state index contributed by atoms with van der Waals surface area (Å²) in [7, 11) is 0. The van der Waals surface area contributed by atoms with E-state index in [0.29, 0.717) is 18.1 Å². The van der Waals surface area contributed by atoms with Crippen LogP contribution in [0, 0.1) is 0 Å². The molecule has 2 fully saturated rings. The van der Waals surface area contributed by atoms with Crippen molar-refractivity contribution in [2.24, 2.45) is 0 Å². The Bertz CT molecular complexity index is 339. The average Bonchev–Trinajstić information content (AvgIpc) is 2.89. The van der Waals surface area contributed by atoms with Crippen molar-refractivity contribution in [2.45, 2.75) is 57.3 Å². The van der Waals surface area contributed by atoms with Crippen molar-refractivity contribution in [3.8, 4) is 0 Å². The highest BCUT2D eigenvalue weighted by molar-refractivity contribution is 4.98. The Labute approximate surface area is 102 Å². The van der Waals surface area contributed by atoms with Crippen molar-refractivity contribution < 1.29 is 4.52 Å². The Balaban J connectivity index is 1.64. The first-order valence-electron chi connectivity index (χ1n) is 6.61. The van der Waals surface area contributed by atoms with Crippen LogP contribution in [0.25, 0.3) is 0 Å². The normalized spacial score (nSPS) is 33.1. The first-order valence-corrected chi connectivity index (χ1v) is 6.61. The molecule has 0 spiro atoms. The molecule has 2 bridgehead atoms. The van der Waals surface area contributed by atoms with Gasteiger partial charge < -0.3 is 9.84 Å². The molecule has 2 aliphatic heterocycles. The van der Waals surface area contributed by atoms with Gasteiger partial charge in [0, 0.05) is 18.1 Å². The first kappa shape index (κ1) is 11.2. The molecule has 0 aromatic carbocycles. The topological polar surface area (TPSA) is 54.2 Å². The minimum absolute atomic E-state index is 0.705. The molecule has 0 aliphatic carbocycles. The SMILES string of the molecule is CCNC1CC2CCC(C1)N2Cc1ncon1. The number of fused-ring (bicyclic) bond motifs is 2. The first-order chi connectivity index (χ1) is 8.36. The number of nitrogens with one attached hydrogen (secondary N) is 1. The quantitative estimate of drug-likeness (QED) is 0.850. The number of hydrogen-bond donors (Lipinski definition) is 1. The van der Waals surface area contributed by atoms with Gasteiger partial charge in [0.05, 0.1) is 6.54 Å². The summed E-state index contributed by atoms with van der Waals surface area (Å²) in [6.07, 6.45) is 6.60. The number of aromatic nitrogens is 2. The van der Waals surface area contributed by atoms with Crippen molar-refractivity contribution in [3.63, 3.8) is 0 Å². The lowest BCUT2D eigenvalue weighted by Gasteiger charge is -2.38. The fourth-order valence-corrected chi connectivity index (χ4v) is 3.41. The van der Waals surface area contributed by atoms with Gasteiger partial charge in [-0.25, -0.2) is 0 Å². The monoisotopic (exact) mass is 236 g/mol. The van der Waals surface area contributed by atoms with E-state index in [2.05, 4.69) is 27.3 Å². The second kappa shape index (κ2) is 4.74. The summed E-state index contributed by atoms with van der Waals surface area (Å²) in [6, 6.07) is 2.12. The van der Waals surface area contributed by atoms with E-state index in [1.807, 2.05) is 0 Å². The van der Waals surface area contributed by atoms with Gasteiger partial charge in [-0.1, -0.05) is 12.1 Å². The largest absolute Gasteiger partial charge is 0.343 e. The highest BCUT2D eigenvalue weighted by Crippen LogP contribution is 2.36. The van der Waals surface area contributed by atoms with E-state index in [9.17, 15) is 0 Å². The zero-order valence-corrected chi connectivity index (χ0v) is 10.3. The Morgan fingerprint density at radius 3 is 2.76 bits per heavy atom. The van der Waals surface area contributed by atoms with Gasteiger partial charge in [0.15, 0.2) is 5.82 Å². The molecule has 3 rings (SSSR count). The highest BCUT2D eigenvalue weighted by Gasteiger charge is 2.40. The van der Waals surface area contributed by atoms with E-state index >= 15 is 0 Å². The van der Waals surface area contributed by atoms with E-state index in [1.165, 1.54) is 32.1 Å². The number of nitrogens with zero attached hydrogens (tertiary/aromatic N) is 3. The van der Waals surface area contributed by atoms with Crippen LogP contribution in [0.15, 0.2) is 10.9 Å². The molecule has 17 heavy (non-hydrogen) atoms. The van der Waals surface area contributed by atoms with Crippen LogP contribution >= 0.6 is 0 Å². The third kappa shape index (κ3) is 2.21. The Hall–Kier alpha value is -0.940. The van der Waals surface area contributed by atoms with Gasteiger partial charge in [0.2, 0.25) is 6.39 Å². The molecule has 0 radical (unpaired) electrons. The van der Waals surface area contributed by atoms with Gasteiger partial charge in [-0.05, 0) is 32.2 Å². The zero-order valence-electron chi connectivity index (χ0n) is 10.3. The summed E-state index contributed by atoms with van der Waals surface area (Å²) in [5.74, 6) is 0.823. The summed E-state index contributed by atoms with van der Waals surface area (Å²) in [6.45, 7) is 4.12. The van der Waals surface area contributed by atoms with Crippen molar-refractivity contribution >= 4 is 0 Å². The van der Waals surface area contributed by atoms with E-state index < -0.39 is 0 Å². The predicted octanol–water partition coefficient (Wildman–Crippen LogP) is 1.17. The maximum Gasteiger partial charge on any atom is 0.213 e. The average molecular weight is 236 g/mol. The molecule has 2 unspecified atom stereocenters. The molecular formula is C12H20N4O. The Morgan fingerprint density at radius 1 is 1.41 bits per heavy atom. The highest BCUT2D eigenvalue weighted by atomic mass is 16.5. The van der Waals surface area contributed by atoms with Gasteiger partial charge >= 0.3 is 0 Å². The maximum absolute atomic E-state index is 4.81. The number of rotatable bonds is 4. The van der Waals surface area contributed by atoms with Crippen molar-refractivity contribution in [2.75, 3.05) is 6.54 Å². The van der Waals surface area contributed by atoms with Crippen molar-refractivity contribution in [3.05, 3.63) is 12.2 Å². The van der Waals surface area contributed by atoms with Gasteiger partial charge in [-0.15, -0.1) is 0 Å². The predicted molar refractivity (Wildman–Crippen MR) is 63.3 cm³/mol. The molecule has 1 N–H and O–H groups in total. The maximum atomic E-state index is 4.81. The molecule has 2 saturated heterocycles. The van der Waals surface area contributed by atoms with Crippen molar-refractivity contribution in [1.29, 1.82) is 0 Å². The van der Waals surface area contributed by atoms with Crippen molar-refractivity contribution in [1.82, 2.24) is 20.4 Å². The van der Waals surface area contributed by atoms with Crippen LogP contribution in [-0.4, -0.2) is 39.7 Å². The summed E-state index contributed by atoms with van der Waals surface area (Å²) in [4.78, 5) is 6.70. The standard InChI is InChI=1S/C12H20N4O/c1-2-13-9-5-10-3-4-11(6-9)16(10)7-12-14-8-17-15-12/h8-11,13H,2-7H2,1H3. The minimum atomic E-state index is 0.705. The third-order valence-electron chi connectivity index (χ3n) is 4.11. The molecule has 94 valence electrons. The van der Waals surface area contributed by atoms with Gasteiger partial charge in [-0.2, -0.15) is 4.98 Å². The van der Waals surface area contributed by atoms with Crippen LogP contribution in [0.1, 0.15) is 38.4 Å². The van der Waals surface area contributed by atoms with E-state index in [4.69, 9.17) is 4.52 Å². The Kier molecular flexibility index (Phi) is 3.11. The Morgan fingerprint density at radius 2 is 2.18 bits per heavy atom. The van der Waals surface area contributed by atoms with E-state index in [-0.39, 0.29) is 0 Å². The second-order valence-electron chi connectivity index (χ2n) is 5.13. The molecule has 5 heteroatoms. The summed E-state index contributed by atoms with van der Waals surface area (Å²) >= 11 is 0. The second-order valence-corrected chi connectivity index (χ2v) is 5.13. The molecule has 1 aromatic heterocycles. The molecule has 2 atom stereocenters. The number of piperidine rings is 1. The molecule has 1 aromatic rings. The molecule has 5 nitrogen and oxygen atoms in total. The lowest BCUT2D eigenvalue weighted by molar-refractivity contribution is 0.106. The summed E-state index contributed by atoms with van der Waals surface area (Å²) < 4.78 is 4.81. The van der Waals surface area contributed by atoms with Crippen LogP contribution in [0.2, 0.25) is 0 Å². The van der Waals surface area contributed by atoms with Gasteiger partial charge in [0.1, 0.15) is 0 Å². The molecular weight excluding hydrogens is 216 g/mol. The van der Waals surface area contributed by atoms with Crippen LogP contribution in [-0.2, 0) is 6.54 Å². The van der Waals surface area contributed by atoms with E-state index in [1.54, 1.807) is 0 Å². The van der Waals surface area contributed by atoms with Crippen LogP contribution in [0.5, 0.6) is 0 Å². The van der Waals surface area contributed by atoms with Gasteiger partial charge in [0.25, 0.3) is 0 Å². The number of hydrogen-bond acceptors (Lipinski definition) is 5. The molecule has 0 amide bonds. The molecule has 2 aliphatic rings. The summed E-state index contributed by atoms with van der Waals surface area (Å²) in [5, 5.41) is 7.51. The minimum Gasteiger partial charge on any atom is -0.343 e. The summed E-state index contributed by atoms with van der Waals surface area (Å²) in [5.41, 5.74) is 0. The van der Waals surface area contributed by atoms with Crippen LogP contribution < -0.4 is 5.32 Å². The van der Waals surface area contributed by atoms with Crippen LogP contribution in [0.3, 0.4) is 0 Å². The van der Waals surface area contributed by atoms with Gasteiger partial charge in [-0.3, -0.25) is 4.90 Å². The zero-order chi connectivity index (χ0) is 11.7. The fraction of sp³-hybridized carbons (Fsp3) is 0.833. The molecule has 3 heterocycles. The molecule has 0 saturated carbocycles. The van der Waals surface area contributed by atoms with Crippen LogP contribution in [0.4, 0.5) is 0 Å². The van der Waals surface area contributed by atoms with E-state index in [0.717, 1.165) is 18.9 Å².